The molecule has 0 atom stereocenters. The minimum atomic E-state index is -4.66. The highest BCUT2D eigenvalue weighted by Crippen LogP contribution is 2.39. The normalized spacial score (nSPS) is 13.9. The van der Waals surface area contributed by atoms with Crippen LogP contribution in [-0.2, 0) is 11.0 Å². The van der Waals surface area contributed by atoms with E-state index in [1.54, 1.807) is 29.2 Å². The highest BCUT2D eigenvalue weighted by atomic mass is 35.5. The molecule has 0 spiro atoms. The van der Waals surface area contributed by atoms with E-state index in [1.165, 1.54) is 12.1 Å². The van der Waals surface area contributed by atoms with E-state index < -0.39 is 29.5 Å². The number of nitrogens with two attached hydrogens (primary N) is 2. The summed E-state index contributed by atoms with van der Waals surface area (Å²) < 4.78 is 41.1. The first-order valence-electron chi connectivity index (χ1n) is 9.95. The van der Waals surface area contributed by atoms with Crippen LogP contribution < -0.4 is 11.5 Å². The zero-order chi connectivity index (χ0) is 25.5. The number of carboxylic acid groups (broad SMARTS) is 1. The zero-order valence-corrected chi connectivity index (χ0v) is 18.5. The maximum atomic E-state index is 13.7. The quantitative estimate of drug-likeness (QED) is 0.336. The van der Waals surface area contributed by atoms with Crippen LogP contribution in [0.25, 0.3) is 0 Å². The van der Waals surface area contributed by atoms with Crippen molar-refractivity contribution in [3.63, 3.8) is 0 Å². The topological polar surface area (TPSA) is 139 Å². The van der Waals surface area contributed by atoms with E-state index in [4.69, 9.17) is 33.0 Å². The molecule has 1 aliphatic rings. The van der Waals surface area contributed by atoms with Gasteiger partial charge in [-0.05, 0) is 54.7 Å². The van der Waals surface area contributed by atoms with Gasteiger partial charge < -0.3 is 21.5 Å². The molecular weight excluding hydrogens is 477 g/mol. The summed E-state index contributed by atoms with van der Waals surface area (Å²) >= 11 is 5.93. The van der Waals surface area contributed by atoms with E-state index in [9.17, 15) is 22.8 Å². The fourth-order valence-corrected chi connectivity index (χ4v) is 3.86. The summed E-state index contributed by atoms with van der Waals surface area (Å²) in [5.41, 5.74) is 9.64. The Labute approximate surface area is 198 Å². The molecule has 1 heterocycles. The number of carbonyl (C=O) groups excluding carboxylic acids is 2. The van der Waals surface area contributed by atoms with Crippen LogP contribution in [0.4, 0.5) is 13.2 Å². The Balaban J connectivity index is 0.00000129. The summed E-state index contributed by atoms with van der Waals surface area (Å²) in [5.74, 6) is -2.10. The first-order chi connectivity index (χ1) is 16.0. The van der Waals surface area contributed by atoms with Crippen molar-refractivity contribution in [2.45, 2.75) is 24.9 Å². The molecule has 1 fully saturated rings. The molecule has 12 heteroatoms. The van der Waals surface area contributed by atoms with Gasteiger partial charge in [0.15, 0.2) is 5.96 Å². The molecule has 182 valence electrons. The lowest BCUT2D eigenvalue weighted by Crippen LogP contribution is -2.38. The molecule has 3 rings (SSSR count). The Kier molecular flexibility index (Phi) is 9.02. The Morgan fingerprint density at radius 3 is 2.24 bits per heavy atom. The molecule has 0 aromatic heterocycles. The average Bonchev–Trinajstić information content (AvgIpc) is 2.78. The van der Waals surface area contributed by atoms with Gasteiger partial charge in [0.05, 0.1) is 5.56 Å². The van der Waals surface area contributed by atoms with Crippen LogP contribution in [0, 0.1) is 0 Å². The SMILES string of the molecule is NC(N)=NC(=O)c1ccc(C2CCN(C(=O)c3cccc(Cl)c3)CC2)c(C(F)(F)F)c1.O=CO. The van der Waals surface area contributed by atoms with Crippen molar-refractivity contribution in [2.75, 3.05) is 13.1 Å². The highest BCUT2D eigenvalue weighted by molar-refractivity contribution is 6.30. The van der Waals surface area contributed by atoms with Crippen molar-refractivity contribution in [1.82, 2.24) is 4.90 Å². The molecule has 5 N–H and O–H groups in total. The van der Waals surface area contributed by atoms with Crippen LogP contribution in [-0.4, -0.2) is 47.3 Å². The number of piperidine rings is 1. The molecule has 2 aromatic carbocycles. The highest BCUT2D eigenvalue weighted by Gasteiger charge is 2.37. The molecule has 2 aromatic rings. The summed E-state index contributed by atoms with van der Waals surface area (Å²) in [6.45, 7) is 0.365. The minimum Gasteiger partial charge on any atom is -0.483 e. The number of halogens is 4. The average molecular weight is 499 g/mol. The standard InChI is InChI=1S/C21H20ClF3N4O2.CH2O2/c22-15-3-1-2-14(10-15)19(31)29-8-6-12(7-9-29)16-5-4-13(18(30)28-20(26)27)11-17(16)21(23,24)25;2-1-3/h1-5,10-12H,6-9H2,(H4,26,27,28,30);1H,(H,2,3). The predicted molar refractivity (Wildman–Crippen MR) is 120 cm³/mol. The van der Waals surface area contributed by atoms with Gasteiger partial charge in [-0.25, -0.2) is 0 Å². The lowest BCUT2D eigenvalue weighted by Gasteiger charge is -2.33. The number of nitrogens with zero attached hydrogens (tertiary/aromatic N) is 2. The number of aliphatic imine (C=N–C) groups is 1. The van der Waals surface area contributed by atoms with E-state index in [2.05, 4.69) is 4.99 Å². The molecule has 2 amide bonds. The van der Waals surface area contributed by atoms with Crippen molar-refractivity contribution in [3.8, 4) is 0 Å². The van der Waals surface area contributed by atoms with Crippen LogP contribution in [0.5, 0.6) is 0 Å². The van der Waals surface area contributed by atoms with E-state index in [-0.39, 0.29) is 23.5 Å². The van der Waals surface area contributed by atoms with E-state index in [1.807, 2.05) is 0 Å². The lowest BCUT2D eigenvalue weighted by molar-refractivity contribution is -0.138. The van der Waals surface area contributed by atoms with Gasteiger partial charge in [0.1, 0.15) is 0 Å². The lowest BCUT2D eigenvalue weighted by atomic mass is 9.85. The Hall–Kier alpha value is -3.60. The monoisotopic (exact) mass is 498 g/mol. The molecule has 0 aliphatic carbocycles. The van der Waals surface area contributed by atoms with Crippen LogP contribution in [0.2, 0.25) is 5.02 Å². The molecule has 0 saturated carbocycles. The third-order valence-corrected chi connectivity index (χ3v) is 5.36. The molecule has 0 bridgehead atoms. The number of hydrogen-bond donors (Lipinski definition) is 3. The number of benzene rings is 2. The maximum absolute atomic E-state index is 13.7. The first-order valence-corrected chi connectivity index (χ1v) is 10.3. The van der Waals surface area contributed by atoms with Crippen molar-refractivity contribution >= 4 is 35.8 Å². The van der Waals surface area contributed by atoms with Gasteiger partial charge in [-0.1, -0.05) is 23.7 Å². The fourth-order valence-electron chi connectivity index (χ4n) is 3.67. The Morgan fingerprint density at radius 2 is 1.71 bits per heavy atom. The Bertz CT molecular complexity index is 1080. The second-order valence-electron chi connectivity index (χ2n) is 7.32. The summed E-state index contributed by atoms with van der Waals surface area (Å²) in [5, 5.41) is 7.32. The number of hydrogen-bond acceptors (Lipinski definition) is 3. The van der Waals surface area contributed by atoms with Gasteiger partial charge in [0.25, 0.3) is 18.3 Å². The number of guanidine groups is 1. The molecule has 1 saturated heterocycles. The van der Waals surface area contributed by atoms with Crippen molar-refractivity contribution in [3.05, 3.63) is 69.7 Å². The van der Waals surface area contributed by atoms with Gasteiger partial charge in [-0.2, -0.15) is 18.2 Å². The fraction of sp³-hybridized carbons (Fsp3) is 0.273. The van der Waals surface area contributed by atoms with Gasteiger partial charge in [-0.15, -0.1) is 0 Å². The molecule has 34 heavy (non-hydrogen) atoms. The second-order valence-corrected chi connectivity index (χ2v) is 7.76. The molecule has 8 nitrogen and oxygen atoms in total. The summed E-state index contributed by atoms with van der Waals surface area (Å²) in [7, 11) is 0. The number of rotatable bonds is 3. The smallest absolute Gasteiger partial charge is 0.416 e. The van der Waals surface area contributed by atoms with E-state index >= 15 is 0 Å². The third-order valence-electron chi connectivity index (χ3n) is 5.13. The van der Waals surface area contributed by atoms with Crippen molar-refractivity contribution < 1.29 is 32.7 Å². The van der Waals surface area contributed by atoms with Gasteiger partial charge >= 0.3 is 6.18 Å². The zero-order valence-electron chi connectivity index (χ0n) is 17.8. The minimum absolute atomic E-state index is 0.0867. The van der Waals surface area contributed by atoms with Gasteiger partial charge in [0, 0.05) is 29.2 Å². The number of amides is 2. The van der Waals surface area contributed by atoms with Gasteiger partial charge in [-0.3, -0.25) is 14.4 Å². The maximum Gasteiger partial charge on any atom is 0.416 e. The van der Waals surface area contributed by atoms with Crippen LogP contribution in [0.3, 0.4) is 0 Å². The number of alkyl halides is 3. The first kappa shape index (κ1) is 26.7. The number of carbonyl (C=O) groups is 3. The van der Waals surface area contributed by atoms with Gasteiger partial charge in [0.2, 0.25) is 0 Å². The van der Waals surface area contributed by atoms with Crippen LogP contribution in [0.1, 0.15) is 50.6 Å². The summed E-state index contributed by atoms with van der Waals surface area (Å²) in [4.78, 5) is 37.8. The molecule has 1 aliphatic heterocycles. The van der Waals surface area contributed by atoms with E-state index in [0.717, 1.165) is 6.07 Å². The van der Waals surface area contributed by atoms with Crippen LogP contribution >= 0.6 is 11.6 Å². The molecule has 0 unspecified atom stereocenters. The Morgan fingerprint density at radius 1 is 1.09 bits per heavy atom. The summed E-state index contributed by atoms with van der Waals surface area (Å²) in [6, 6.07) is 9.88. The van der Waals surface area contributed by atoms with Crippen LogP contribution in [0.15, 0.2) is 47.5 Å². The molecule has 0 radical (unpaired) electrons. The number of likely N-dealkylation sites (tertiary alicyclic amines) is 1. The predicted octanol–water partition coefficient (Wildman–Crippen LogP) is 3.49. The van der Waals surface area contributed by atoms with Crippen molar-refractivity contribution in [2.24, 2.45) is 16.5 Å². The van der Waals surface area contributed by atoms with Crippen molar-refractivity contribution in [1.29, 1.82) is 0 Å². The van der Waals surface area contributed by atoms with E-state index in [0.29, 0.717) is 36.5 Å². The third kappa shape index (κ3) is 6.95. The second kappa shape index (κ2) is 11.5. The summed E-state index contributed by atoms with van der Waals surface area (Å²) in [6.07, 6.45) is -3.94. The largest absolute Gasteiger partial charge is 0.483 e. The molecular formula is C22H22ClF3N4O4.